The molecule has 0 atom stereocenters. The molecule has 0 radical (unpaired) electrons. The van der Waals surface area contributed by atoms with E-state index in [-0.39, 0.29) is 35.9 Å². The Balaban J connectivity index is 1.71. The third-order valence-corrected chi connectivity index (χ3v) is 9.38. The molecular formula is C22H18ClFN4O6S3. The largest absolute Gasteiger partial charge is 0.386 e. The number of carbonyl (C=O) groups is 1. The zero-order valence-corrected chi connectivity index (χ0v) is 22.3. The molecule has 0 bridgehead atoms. The first-order valence-corrected chi connectivity index (χ1v) is 14.8. The van der Waals surface area contributed by atoms with Gasteiger partial charge >= 0.3 is 6.03 Å². The van der Waals surface area contributed by atoms with Crippen LogP contribution in [0.15, 0.2) is 68.6 Å². The molecule has 0 saturated heterocycles. The molecule has 3 N–H and O–H groups in total. The van der Waals surface area contributed by atoms with Gasteiger partial charge in [-0.05, 0) is 53.9 Å². The quantitative estimate of drug-likeness (QED) is 0.313. The molecule has 37 heavy (non-hydrogen) atoms. The summed E-state index contributed by atoms with van der Waals surface area (Å²) >= 11 is 6.48. The van der Waals surface area contributed by atoms with Crippen LogP contribution in [0.3, 0.4) is 0 Å². The summed E-state index contributed by atoms with van der Waals surface area (Å²) in [7, 11) is -6.67. The average molecular weight is 585 g/mol. The van der Waals surface area contributed by atoms with Gasteiger partial charge in [0.1, 0.15) is 10.0 Å². The normalized spacial score (nSPS) is 11.9. The van der Waals surface area contributed by atoms with E-state index in [9.17, 15) is 30.8 Å². The Kier molecular flexibility index (Phi) is 7.03. The third kappa shape index (κ3) is 5.46. The number of amides is 2. The maximum absolute atomic E-state index is 14.3. The second-order valence-corrected chi connectivity index (χ2v) is 13.3. The monoisotopic (exact) mass is 584 g/mol. The molecule has 0 unspecified atom stereocenters. The lowest BCUT2D eigenvalue weighted by molar-refractivity contribution is 0.256. The van der Waals surface area contributed by atoms with Crippen molar-refractivity contribution in [3.8, 4) is 5.69 Å². The molecule has 0 spiro atoms. The number of anilines is 2. The summed E-state index contributed by atoms with van der Waals surface area (Å²) in [6.07, 6.45) is 2.29. The molecule has 15 heteroatoms. The summed E-state index contributed by atoms with van der Waals surface area (Å²) in [6, 6.07) is 9.18. The highest BCUT2D eigenvalue weighted by molar-refractivity contribution is 7.92. The van der Waals surface area contributed by atoms with E-state index >= 15 is 0 Å². The number of nitrogens with zero attached hydrogens (tertiary/aromatic N) is 1. The van der Waals surface area contributed by atoms with Crippen molar-refractivity contribution in [2.45, 2.75) is 9.10 Å². The van der Waals surface area contributed by atoms with Gasteiger partial charge in [-0.15, -0.1) is 11.3 Å². The number of nitrogens with one attached hydrogen (secondary N) is 3. The van der Waals surface area contributed by atoms with E-state index in [0.717, 1.165) is 34.3 Å². The first kappa shape index (κ1) is 26.6. The molecule has 2 amide bonds. The number of benzene rings is 2. The van der Waals surface area contributed by atoms with Crippen molar-refractivity contribution in [2.75, 3.05) is 23.9 Å². The number of hydrogen-bond donors (Lipinski definition) is 3. The summed E-state index contributed by atoms with van der Waals surface area (Å²) < 4.78 is 66.9. The van der Waals surface area contributed by atoms with Gasteiger partial charge in [0, 0.05) is 19.5 Å². The molecule has 4 aromatic rings. The van der Waals surface area contributed by atoms with E-state index in [1.807, 2.05) is 0 Å². The minimum atomic E-state index is -4.25. The topological polar surface area (TPSA) is 143 Å². The first-order valence-electron chi connectivity index (χ1n) is 10.3. The summed E-state index contributed by atoms with van der Waals surface area (Å²) in [5.41, 5.74) is -0.487. The summed E-state index contributed by atoms with van der Waals surface area (Å²) in [6.45, 7) is 0. The first-order chi connectivity index (χ1) is 17.3. The van der Waals surface area contributed by atoms with Crippen LogP contribution in [0, 0.1) is 5.82 Å². The lowest BCUT2D eigenvalue weighted by Crippen LogP contribution is -2.34. The average Bonchev–Trinajstić information content (AvgIpc) is 3.26. The number of carbonyl (C=O) groups excluding carboxylic acids is 1. The molecule has 0 aliphatic rings. The molecule has 2 aromatic carbocycles. The van der Waals surface area contributed by atoms with Crippen LogP contribution in [-0.2, 0) is 19.9 Å². The zero-order valence-electron chi connectivity index (χ0n) is 19.1. The molecule has 10 nitrogen and oxygen atoms in total. The number of thiophene rings is 1. The standard InChI is InChI=1S/C22H18ClFN4O6S3/c1-25-17-9-12-7-8-28(21(29)14(12)11-15(17)24)13-3-4-16(18(10-13)36(2,31)32)26-22(30)27-37(33,34)20-6-5-19(23)35-20/h3-11,25H,1-2H3,(H2,26,27,30). The van der Waals surface area contributed by atoms with E-state index in [1.165, 1.54) is 36.5 Å². The molecule has 2 aromatic heterocycles. The summed E-state index contributed by atoms with van der Waals surface area (Å²) in [5, 5.41) is 5.44. The van der Waals surface area contributed by atoms with Crippen LogP contribution in [0.4, 0.5) is 20.6 Å². The van der Waals surface area contributed by atoms with Gasteiger partial charge in [-0.1, -0.05) is 11.6 Å². The van der Waals surface area contributed by atoms with E-state index in [2.05, 4.69) is 10.6 Å². The van der Waals surface area contributed by atoms with Gasteiger partial charge < -0.3 is 10.6 Å². The summed E-state index contributed by atoms with van der Waals surface area (Å²) in [4.78, 5) is 25.1. The van der Waals surface area contributed by atoms with Crippen molar-refractivity contribution in [1.82, 2.24) is 9.29 Å². The third-order valence-electron chi connectivity index (χ3n) is 5.19. The van der Waals surface area contributed by atoms with Crippen LogP contribution >= 0.6 is 22.9 Å². The van der Waals surface area contributed by atoms with Crippen molar-refractivity contribution in [2.24, 2.45) is 0 Å². The van der Waals surface area contributed by atoms with Crippen molar-refractivity contribution in [1.29, 1.82) is 0 Å². The number of sulfone groups is 1. The van der Waals surface area contributed by atoms with Gasteiger partial charge in [0.25, 0.3) is 15.6 Å². The Morgan fingerprint density at radius 3 is 2.38 bits per heavy atom. The fraction of sp³-hybridized carbons (Fsp3) is 0.0909. The Labute approximate surface area is 219 Å². The Bertz CT molecular complexity index is 1830. The molecule has 4 rings (SSSR count). The minimum Gasteiger partial charge on any atom is -0.386 e. The van der Waals surface area contributed by atoms with Gasteiger partial charge in [0.15, 0.2) is 9.84 Å². The van der Waals surface area contributed by atoms with E-state index in [0.29, 0.717) is 5.39 Å². The smallest absolute Gasteiger partial charge is 0.333 e. The molecule has 0 aliphatic carbocycles. The predicted molar refractivity (Wildman–Crippen MR) is 141 cm³/mol. The van der Waals surface area contributed by atoms with Crippen molar-refractivity contribution in [3.63, 3.8) is 0 Å². The second kappa shape index (κ2) is 9.78. The zero-order chi connectivity index (χ0) is 27.1. The van der Waals surface area contributed by atoms with Crippen molar-refractivity contribution in [3.05, 3.63) is 75.2 Å². The number of sulfonamides is 1. The molecule has 0 saturated carbocycles. The van der Waals surface area contributed by atoms with Gasteiger partial charge in [-0.25, -0.2) is 30.7 Å². The van der Waals surface area contributed by atoms with Crippen LogP contribution in [0.1, 0.15) is 0 Å². The Morgan fingerprint density at radius 1 is 1.03 bits per heavy atom. The van der Waals surface area contributed by atoms with Crippen LogP contribution in [-0.4, -0.2) is 40.7 Å². The number of hydrogen-bond acceptors (Lipinski definition) is 8. The van der Waals surface area contributed by atoms with E-state index in [1.54, 1.807) is 17.8 Å². The van der Waals surface area contributed by atoms with E-state index in [4.69, 9.17) is 11.6 Å². The van der Waals surface area contributed by atoms with Gasteiger partial charge in [0.05, 0.1) is 31.7 Å². The molecule has 2 heterocycles. The molecule has 194 valence electrons. The number of aromatic nitrogens is 1. The van der Waals surface area contributed by atoms with Crippen molar-refractivity contribution < 1.29 is 26.0 Å². The molecular weight excluding hydrogens is 567 g/mol. The van der Waals surface area contributed by atoms with Gasteiger partial charge in [0.2, 0.25) is 0 Å². The number of urea groups is 1. The SMILES string of the molecule is CNc1cc2ccn(-c3ccc(NC(=O)NS(=O)(=O)c4ccc(Cl)s4)c(S(C)(=O)=O)c3)c(=O)c2cc1F. The van der Waals surface area contributed by atoms with Crippen molar-refractivity contribution >= 4 is 71.0 Å². The highest BCUT2D eigenvalue weighted by Gasteiger charge is 2.22. The highest BCUT2D eigenvalue weighted by atomic mass is 35.5. The van der Waals surface area contributed by atoms with E-state index < -0.39 is 37.3 Å². The highest BCUT2D eigenvalue weighted by Crippen LogP contribution is 2.27. The Hall–Kier alpha value is -3.46. The van der Waals surface area contributed by atoms with Gasteiger partial charge in [-0.3, -0.25) is 9.36 Å². The predicted octanol–water partition coefficient (Wildman–Crippen LogP) is 3.80. The number of halogens is 2. The molecule has 0 aliphatic heterocycles. The van der Waals surface area contributed by atoms with Crippen LogP contribution in [0.25, 0.3) is 16.5 Å². The summed E-state index contributed by atoms with van der Waals surface area (Å²) in [5.74, 6) is -0.632. The van der Waals surface area contributed by atoms with Crippen LogP contribution in [0.5, 0.6) is 0 Å². The maximum atomic E-state index is 14.3. The molecule has 0 fully saturated rings. The maximum Gasteiger partial charge on any atom is 0.333 e. The minimum absolute atomic E-state index is 0.0698. The number of rotatable bonds is 6. The lowest BCUT2D eigenvalue weighted by atomic mass is 10.1. The Morgan fingerprint density at radius 2 is 1.76 bits per heavy atom. The second-order valence-electron chi connectivity index (χ2n) is 7.73. The van der Waals surface area contributed by atoms with Crippen LogP contribution < -0.4 is 20.9 Å². The van der Waals surface area contributed by atoms with Gasteiger partial charge in [-0.2, -0.15) is 0 Å². The fourth-order valence-electron chi connectivity index (χ4n) is 3.49. The fourth-order valence-corrected chi connectivity index (χ4v) is 6.74. The van der Waals surface area contributed by atoms with Crippen LogP contribution in [0.2, 0.25) is 4.34 Å². The lowest BCUT2D eigenvalue weighted by Gasteiger charge is -2.14. The number of pyridine rings is 1. The number of fused-ring (bicyclic) bond motifs is 1.